The molecule has 1 heterocycles. The smallest absolute Gasteiger partial charge is 0.237 e. The summed E-state index contributed by atoms with van der Waals surface area (Å²) in [7, 11) is 1.89. The number of rotatable bonds is 5. The van der Waals surface area contributed by atoms with Crippen LogP contribution in [0.25, 0.3) is 0 Å². The molecule has 1 amide bonds. The molecule has 0 radical (unpaired) electrons. The van der Waals surface area contributed by atoms with Crippen LogP contribution in [0.5, 0.6) is 0 Å². The average Bonchev–Trinajstić information content (AvgIpc) is 2.69. The van der Waals surface area contributed by atoms with Crippen LogP contribution in [-0.2, 0) is 18.4 Å². The molecule has 1 aromatic rings. The van der Waals surface area contributed by atoms with Gasteiger partial charge in [-0.2, -0.15) is 0 Å². The van der Waals surface area contributed by atoms with Gasteiger partial charge < -0.3 is 15.6 Å². The molecule has 0 bridgehead atoms. The highest BCUT2D eigenvalue weighted by Gasteiger charge is 2.19. The monoisotopic (exact) mass is 224 g/mol. The highest BCUT2D eigenvalue weighted by Crippen LogP contribution is 2.05. The standard InChI is InChI=1S/C11H20N4O/c1-4-8(2)10(12)11(16)14-7-9-13-5-6-15(9)3/h5-6,8,10H,4,7,12H2,1-3H3,(H,14,16)/t8-,10-/m0/s1. The molecule has 0 saturated carbocycles. The molecule has 0 aliphatic carbocycles. The van der Waals surface area contributed by atoms with E-state index >= 15 is 0 Å². The summed E-state index contributed by atoms with van der Waals surface area (Å²) in [6.07, 6.45) is 4.45. The number of carbonyl (C=O) groups is 1. The van der Waals surface area contributed by atoms with Gasteiger partial charge in [-0.3, -0.25) is 4.79 Å². The zero-order valence-corrected chi connectivity index (χ0v) is 10.1. The second-order valence-corrected chi connectivity index (χ2v) is 4.08. The molecule has 16 heavy (non-hydrogen) atoms. The molecule has 0 saturated heterocycles. The van der Waals surface area contributed by atoms with E-state index in [4.69, 9.17) is 5.73 Å². The summed E-state index contributed by atoms with van der Waals surface area (Å²) in [5.74, 6) is 0.906. The Bertz CT molecular complexity index is 348. The number of nitrogens with two attached hydrogens (primary N) is 1. The van der Waals surface area contributed by atoms with Crippen molar-refractivity contribution in [1.82, 2.24) is 14.9 Å². The van der Waals surface area contributed by atoms with Crippen LogP contribution < -0.4 is 11.1 Å². The molecule has 0 spiro atoms. The second kappa shape index (κ2) is 5.65. The SMILES string of the molecule is CC[C@H](C)[C@H](N)C(=O)NCc1nccn1C. The molecule has 0 aliphatic rings. The van der Waals surface area contributed by atoms with Crippen LogP contribution in [0.2, 0.25) is 0 Å². The van der Waals surface area contributed by atoms with Crippen molar-refractivity contribution in [3.8, 4) is 0 Å². The van der Waals surface area contributed by atoms with Crippen LogP contribution in [0, 0.1) is 5.92 Å². The van der Waals surface area contributed by atoms with E-state index < -0.39 is 6.04 Å². The van der Waals surface area contributed by atoms with E-state index in [9.17, 15) is 4.79 Å². The first-order valence-corrected chi connectivity index (χ1v) is 5.55. The molecule has 0 unspecified atom stereocenters. The second-order valence-electron chi connectivity index (χ2n) is 4.08. The fourth-order valence-corrected chi connectivity index (χ4v) is 1.36. The minimum atomic E-state index is -0.440. The molecule has 0 fully saturated rings. The minimum Gasteiger partial charge on any atom is -0.348 e. The fourth-order valence-electron chi connectivity index (χ4n) is 1.36. The summed E-state index contributed by atoms with van der Waals surface area (Å²) in [5.41, 5.74) is 5.81. The van der Waals surface area contributed by atoms with Crippen LogP contribution in [0.4, 0.5) is 0 Å². The summed E-state index contributed by atoms with van der Waals surface area (Å²) in [5, 5.41) is 2.79. The summed E-state index contributed by atoms with van der Waals surface area (Å²) in [6.45, 7) is 4.42. The number of hydrogen-bond donors (Lipinski definition) is 2. The van der Waals surface area contributed by atoms with Gasteiger partial charge in [0.1, 0.15) is 5.82 Å². The van der Waals surface area contributed by atoms with Gasteiger partial charge in [0.05, 0.1) is 12.6 Å². The summed E-state index contributed by atoms with van der Waals surface area (Å²) in [4.78, 5) is 15.8. The van der Waals surface area contributed by atoms with Crippen molar-refractivity contribution in [2.75, 3.05) is 0 Å². The molecule has 5 nitrogen and oxygen atoms in total. The van der Waals surface area contributed by atoms with E-state index in [2.05, 4.69) is 10.3 Å². The van der Waals surface area contributed by atoms with Crippen LogP contribution >= 0.6 is 0 Å². The van der Waals surface area contributed by atoms with Crippen molar-refractivity contribution in [2.24, 2.45) is 18.7 Å². The molecule has 1 aromatic heterocycles. The molecule has 0 aliphatic heterocycles. The van der Waals surface area contributed by atoms with Gasteiger partial charge in [-0.25, -0.2) is 4.98 Å². The average molecular weight is 224 g/mol. The summed E-state index contributed by atoms with van der Waals surface area (Å²) in [6, 6.07) is -0.440. The maximum Gasteiger partial charge on any atom is 0.237 e. The van der Waals surface area contributed by atoms with Crippen LogP contribution in [-0.4, -0.2) is 21.5 Å². The summed E-state index contributed by atoms with van der Waals surface area (Å²) >= 11 is 0. The number of aryl methyl sites for hydroxylation is 1. The lowest BCUT2D eigenvalue weighted by atomic mass is 9.99. The first-order valence-electron chi connectivity index (χ1n) is 5.55. The Morgan fingerprint density at radius 3 is 2.88 bits per heavy atom. The molecule has 0 aromatic carbocycles. The van der Waals surface area contributed by atoms with Crippen LogP contribution in [0.1, 0.15) is 26.1 Å². The Kier molecular flexibility index (Phi) is 4.49. The van der Waals surface area contributed by atoms with Crippen molar-refractivity contribution in [3.63, 3.8) is 0 Å². The first kappa shape index (κ1) is 12.7. The molecular formula is C11H20N4O. The van der Waals surface area contributed by atoms with Gasteiger partial charge >= 0.3 is 0 Å². The lowest BCUT2D eigenvalue weighted by molar-refractivity contribution is -0.123. The Labute approximate surface area is 96.0 Å². The maximum atomic E-state index is 11.7. The molecule has 5 heteroatoms. The van der Waals surface area contributed by atoms with E-state index in [0.29, 0.717) is 6.54 Å². The van der Waals surface area contributed by atoms with Crippen molar-refractivity contribution in [3.05, 3.63) is 18.2 Å². The van der Waals surface area contributed by atoms with Crippen LogP contribution in [0.3, 0.4) is 0 Å². The van der Waals surface area contributed by atoms with E-state index in [1.165, 1.54) is 0 Å². The maximum absolute atomic E-state index is 11.7. The fraction of sp³-hybridized carbons (Fsp3) is 0.636. The number of hydrogen-bond acceptors (Lipinski definition) is 3. The van der Waals surface area contributed by atoms with Gasteiger partial charge in [0.25, 0.3) is 0 Å². The number of nitrogens with zero attached hydrogens (tertiary/aromatic N) is 2. The Morgan fingerprint density at radius 2 is 2.38 bits per heavy atom. The zero-order chi connectivity index (χ0) is 12.1. The van der Waals surface area contributed by atoms with Crippen molar-refractivity contribution >= 4 is 5.91 Å². The molecule has 90 valence electrons. The normalized spacial score (nSPS) is 14.5. The predicted octanol–water partition coefficient (Wildman–Crippen LogP) is 0.410. The topological polar surface area (TPSA) is 72.9 Å². The third-order valence-electron chi connectivity index (χ3n) is 2.90. The number of carbonyl (C=O) groups excluding carboxylic acids is 1. The van der Waals surface area contributed by atoms with E-state index in [1.807, 2.05) is 31.7 Å². The summed E-state index contributed by atoms with van der Waals surface area (Å²) < 4.78 is 1.87. The lowest BCUT2D eigenvalue weighted by Crippen LogP contribution is -2.44. The van der Waals surface area contributed by atoms with Gasteiger partial charge in [0.2, 0.25) is 5.91 Å². The highest BCUT2D eigenvalue weighted by atomic mass is 16.2. The first-order chi connectivity index (χ1) is 7.56. The van der Waals surface area contributed by atoms with Crippen molar-refractivity contribution in [1.29, 1.82) is 0 Å². The lowest BCUT2D eigenvalue weighted by Gasteiger charge is -2.17. The van der Waals surface area contributed by atoms with Gasteiger partial charge in [0, 0.05) is 19.4 Å². The van der Waals surface area contributed by atoms with Gasteiger partial charge in [-0.05, 0) is 5.92 Å². The number of aromatic nitrogens is 2. The quantitative estimate of drug-likeness (QED) is 0.761. The Morgan fingerprint density at radius 1 is 1.69 bits per heavy atom. The number of imidazole rings is 1. The highest BCUT2D eigenvalue weighted by molar-refractivity contribution is 5.81. The van der Waals surface area contributed by atoms with Gasteiger partial charge in [-0.1, -0.05) is 20.3 Å². The van der Waals surface area contributed by atoms with E-state index in [1.54, 1.807) is 6.20 Å². The third kappa shape index (κ3) is 3.06. The van der Waals surface area contributed by atoms with Gasteiger partial charge in [0.15, 0.2) is 0 Å². The predicted molar refractivity (Wildman–Crippen MR) is 62.5 cm³/mol. The molecule has 3 N–H and O–H groups in total. The molecular weight excluding hydrogens is 204 g/mol. The minimum absolute atomic E-state index is 0.114. The third-order valence-corrected chi connectivity index (χ3v) is 2.90. The number of nitrogens with one attached hydrogen (secondary N) is 1. The number of amides is 1. The van der Waals surface area contributed by atoms with Crippen molar-refractivity contribution in [2.45, 2.75) is 32.9 Å². The molecule has 2 atom stereocenters. The Balaban J connectivity index is 2.44. The molecule has 1 rings (SSSR count). The zero-order valence-electron chi connectivity index (χ0n) is 10.1. The van der Waals surface area contributed by atoms with Gasteiger partial charge in [-0.15, -0.1) is 0 Å². The van der Waals surface area contributed by atoms with E-state index in [-0.39, 0.29) is 11.8 Å². The Hall–Kier alpha value is -1.36. The van der Waals surface area contributed by atoms with Crippen LogP contribution in [0.15, 0.2) is 12.4 Å². The van der Waals surface area contributed by atoms with Crippen molar-refractivity contribution < 1.29 is 4.79 Å². The van der Waals surface area contributed by atoms with E-state index in [0.717, 1.165) is 12.2 Å². The largest absolute Gasteiger partial charge is 0.348 e.